The highest BCUT2D eigenvalue weighted by molar-refractivity contribution is 5.84. The lowest BCUT2D eigenvalue weighted by molar-refractivity contribution is -0.132. The molecule has 0 spiro atoms. The van der Waals surface area contributed by atoms with Gasteiger partial charge in [0, 0.05) is 19.7 Å². The maximum atomic E-state index is 11.9. The Labute approximate surface area is 91.0 Å². The van der Waals surface area contributed by atoms with Gasteiger partial charge in [-0.15, -0.1) is 0 Å². The molecule has 0 aliphatic carbocycles. The summed E-state index contributed by atoms with van der Waals surface area (Å²) in [5, 5.41) is 3.05. The van der Waals surface area contributed by atoms with Gasteiger partial charge < -0.3 is 15.0 Å². The molecular formula is C11H20N2O2. The Kier molecular flexibility index (Phi) is 2.98. The summed E-state index contributed by atoms with van der Waals surface area (Å²) in [6.45, 7) is 4.57. The highest BCUT2D eigenvalue weighted by atomic mass is 16.5. The molecule has 2 atom stereocenters. The number of ether oxygens (including phenoxy) is 1. The fourth-order valence-corrected chi connectivity index (χ4v) is 2.53. The number of likely N-dealkylation sites (N-methyl/N-ethyl adjacent to an activating group) is 1. The molecule has 2 heterocycles. The minimum Gasteiger partial charge on any atom is -0.373 e. The number of nitrogens with zero attached hydrogens (tertiary/aromatic N) is 1. The van der Waals surface area contributed by atoms with Crippen molar-refractivity contribution in [3.63, 3.8) is 0 Å². The van der Waals surface area contributed by atoms with E-state index < -0.39 is 0 Å². The third kappa shape index (κ3) is 2.16. The van der Waals surface area contributed by atoms with Crippen molar-refractivity contribution in [2.24, 2.45) is 0 Å². The molecule has 1 amide bonds. The lowest BCUT2D eigenvalue weighted by Gasteiger charge is -2.29. The van der Waals surface area contributed by atoms with Crippen LogP contribution in [0.4, 0.5) is 0 Å². The van der Waals surface area contributed by atoms with Crippen molar-refractivity contribution in [3.05, 3.63) is 0 Å². The van der Waals surface area contributed by atoms with Gasteiger partial charge in [0.05, 0.1) is 11.6 Å². The molecule has 2 fully saturated rings. The van der Waals surface area contributed by atoms with Crippen molar-refractivity contribution in [2.75, 3.05) is 26.7 Å². The standard InChI is InChI=1S/C11H20N2O2/c1-11(5-3-7-15-11)8-13-6-4-9(12-2)10(13)14/h9,12H,3-8H2,1-2H3. The van der Waals surface area contributed by atoms with E-state index in [1.165, 1.54) is 0 Å². The van der Waals surface area contributed by atoms with Gasteiger partial charge in [0.15, 0.2) is 0 Å². The zero-order chi connectivity index (χ0) is 10.9. The second-order valence-electron chi connectivity index (χ2n) is 4.79. The fraction of sp³-hybridized carbons (Fsp3) is 0.909. The number of amides is 1. The van der Waals surface area contributed by atoms with E-state index in [0.717, 1.165) is 39.0 Å². The van der Waals surface area contributed by atoms with Crippen molar-refractivity contribution < 1.29 is 9.53 Å². The van der Waals surface area contributed by atoms with Crippen molar-refractivity contribution in [3.8, 4) is 0 Å². The number of rotatable bonds is 3. The maximum absolute atomic E-state index is 11.9. The van der Waals surface area contributed by atoms with Crippen molar-refractivity contribution in [2.45, 2.75) is 37.8 Å². The average Bonchev–Trinajstić information content (AvgIpc) is 2.76. The summed E-state index contributed by atoms with van der Waals surface area (Å²) in [7, 11) is 1.85. The highest BCUT2D eigenvalue weighted by Gasteiger charge is 2.38. The first-order valence-electron chi connectivity index (χ1n) is 5.75. The quantitative estimate of drug-likeness (QED) is 0.735. The van der Waals surface area contributed by atoms with Crippen LogP contribution >= 0.6 is 0 Å². The van der Waals surface area contributed by atoms with E-state index in [1.807, 2.05) is 11.9 Å². The van der Waals surface area contributed by atoms with Crippen LogP contribution in [0.2, 0.25) is 0 Å². The van der Waals surface area contributed by atoms with Crippen molar-refractivity contribution in [1.82, 2.24) is 10.2 Å². The second-order valence-corrected chi connectivity index (χ2v) is 4.79. The lowest BCUT2D eigenvalue weighted by Crippen LogP contribution is -2.44. The maximum Gasteiger partial charge on any atom is 0.239 e. The van der Waals surface area contributed by atoms with Crippen LogP contribution in [0, 0.1) is 0 Å². The number of nitrogens with one attached hydrogen (secondary N) is 1. The van der Waals surface area contributed by atoms with Gasteiger partial charge in [0.25, 0.3) is 0 Å². The molecule has 2 aliphatic heterocycles. The van der Waals surface area contributed by atoms with Crippen LogP contribution in [0.15, 0.2) is 0 Å². The molecule has 0 saturated carbocycles. The first-order chi connectivity index (χ1) is 7.14. The molecule has 86 valence electrons. The van der Waals surface area contributed by atoms with E-state index in [0.29, 0.717) is 0 Å². The van der Waals surface area contributed by atoms with Gasteiger partial charge in [-0.3, -0.25) is 4.79 Å². The molecule has 4 nitrogen and oxygen atoms in total. The van der Waals surface area contributed by atoms with Crippen LogP contribution < -0.4 is 5.32 Å². The van der Waals surface area contributed by atoms with Gasteiger partial charge in [-0.1, -0.05) is 0 Å². The minimum absolute atomic E-state index is 0.0232. The van der Waals surface area contributed by atoms with Crippen LogP contribution in [0.25, 0.3) is 0 Å². The number of likely N-dealkylation sites (tertiary alicyclic amines) is 1. The Balaban J connectivity index is 1.93. The largest absolute Gasteiger partial charge is 0.373 e. The first kappa shape index (κ1) is 10.9. The predicted molar refractivity (Wildman–Crippen MR) is 57.6 cm³/mol. The summed E-state index contributed by atoms with van der Waals surface area (Å²) in [5.41, 5.74) is -0.0989. The smallest absolute Gasteiger partial charge is 0.239 e. The van der Waals surface area contributed by atoms with Crippen LogP contribution in [0.3, 0.4) is 0 Å². The summed E-state index contributed by atoms with van der Waals surface area (Å²) in [6, 6.07) is 0.0232. The van der Waals surface area contributed by atoms with Crippen LogP contribution in [0.5, 0.6) is 0 Å². The van der Waals surface area contributed by atoms with Crippen LogP contribution in [-0.4, -0.2) is 49.2 Å². The Morgan fingerprint density at radius 3 is 3.00 bits per heavy atom. The molecule has 4 heteroatoms. The zero-order valence-electron chi connectivity index (χ0n) is 9.58. The normalized spacial score (nSPS) is 36.5. The summed E-state index contributed by atoms with van der Waals surface area (Å²) in [6.07, 6.45) is 3.11. The van der Waals surface area contributed by atoms with Gasteiger partial charge in [0.1, 0.15) is 0 Å². The molecule has 1 N–H and O–H groups in total. The number of hydrogen-bond acceptors (Lipinski definition) is 3. The zero-order valence-corrected chi connectivity index (χ0v) is 9.58. The van der Waals surface area contributed by atoms with Crippen LogP contribution in [-0.2, 0) is 9.53 Å². The van der Waals surface area contributed by atoms with Gasteiger partial charge in [0.2, 0.25) is 5.91 Å². The molecule has 0 aromatic heterocycles. The van der Waals surface area contributed by atoms with Gasteiger partial charge in [-0.25, -0.2) is 0 Å². The third-order valence-corrected chi connectivity index (χ3v) is 3.47. The van der Waals surface area contributed by atoms with E-state index in [-0.39, 0.29) is 17.6 Å². The molecule has 2 aliphatic rings. The topological polar surface area (TPSA) is 41.6 Å². The Morgan fingerprint density at radius 1 is 1.67 bits per heavy atom. The van der Waals surface area contributed by atoms with E-state index in [4.69, 9.17) is 4.74 Å². The number of carbonyl (C=O) groups excluding carboxylic acids is 1. The Morgan fingerprint density at radius 2 is 2.47 bits per heavy atom. The second kappa shape index (κ2) is 4.10. The number of carbonyl (C=O) groups is 1. The summed E-state index contributed by atoms with van der Waals surface area (Å²) in [4.78, 5) is 13.8. The molecule has 0 radical (unpaired) electrons. The molecule has 2 unspecified atom stereocenters. The SMILES string of the molecule is CNC1CCN(CC2(C)CCCO2)C1=O. The molecule has 0 aromatic rings. The molecule has 0 bridgehead atoms. The number of hydrogen-bond donors (Lipinski definition) is 1. The highest BCUT2D eigenvalue weighted by Crippen LogP contribution is 2.27. The summed E-state index contributed by atoms with van der Waals surface area (Å²) >= 11 is 0. The molecular weight excluding hydrogens is 192 g/mol. The molecule has 2 rings (SSSR count). The van der Waals surface area contributed by atoms with Crippen molar-refractivity contribution in [1.29, 1.82) is 0 Å². The average molecular weight is 212 g/mol. The van der Waals surface area contributed by atoms with Gasteiger partial charge in [-0.05, 0) is 33.2 Å². The first-order valence-corrected chi connectivity index (χ1v) is 5.75. The molecule has 2 saturated heterocycles. The summed E-state index contributed by atoms with van der Waals surface area (Å²) in [5.74, 6) is 0.231. The Hall–Kier alpha value is -0.610. The Bertz CT molecular complexity index is 249. The van der Waals surface area contributed by atoms with E-state index in [1.54, 1.807) is 0 Å². The van der Waals surface area contributed by atoms with E-state index in [9.17, 15) is 4.79 Å². The molecule has 15 heavy (non-hydrogen) atoms. The molecule has 0 aromatic carbocycles. The van der Waals surface area contributed by atoms with E-state index in [2.05, 4.69) is 12.2 Å². The fourth-order valence-electron chi connectivity index (χ4n) is 2.53. The predicted octanol–water partition coefficient (Wildman–Crippen LogP) is 0.376. The lowest BCUT2D eigenvalue weighted by atomic mass is 10.0. The summed E-state index contributed by atoms with van der Waals surface area (Å²) < 4.78 is 5.71. The minimum atomic E-state index is -0.0989. The van der Waals surface area contributed by atoms with E-state index >= 15 is 0 Å². The van der Waals surface area contributed by atoms with Gasteiger partial charge >= 0.3 is 0 Å². The monoisotopic (exact) mass is 212 g/mol. The van der Waals surface area contributed by atoms with Crippen LogP contribution in [0.1, 0.15) is 26.2 Å². The third-order valence-electron chi connectivity index (χ3n) is 3.47. The van der Waals surface area contributed by atoms with Crippen molar-refractivity contribution >= 4 is 5.91 Å². The van der Waals surface area contributed by atoms with Gasteiger partial charge in [-0.2, -0.15) is 0 Å².